The smallest absolute Gasteiger partial charge is 0.172 e. The van der Waals surface area contributed by atoms with Gasteiger partial charge < -0.3 is 24.8 Å². The summed E-state index contributed by atoms with van der Waals surface area (Å²) in [6.45, 7) is 13.6. The van der Waals surface area contributed by atoms with Gasteiger partial charge in [-0.2, -0.15) is 42.0 Å². The monoisotopic (exact) mass is 586 g/mol. The van der Waals surface area contributed by atoms with Crippen LogP contribution in [0.2, 0.25) is 12.1 Å². The summed E-state index contributed by atoms with van der Waals surface area (Å²) in [5, 5.41) is 0. The van der Waals surface area contributed by atoms with Crippen molar-refractivity contribution in [2.75, 3.05) is 0 Å². The van der Waals surface area contributed by atoms with Crippen molar-refractivity contribution < 1.29 is 48.1 Å². The number of rotatable bonds is 0. The van der Waals surface area contributed by atoms with Crippen LogP contribution < -0.4 is 24.8 Å². The summed E-state index contributed by atoms with van der Waals surface area (Å²) in [6.07, 6.45) is 4.14. The van der Waals surface area contributed by atoms with Gasteiger partial charge in [-0.1, -0.05) is 65.3 Å². The van der Waals surface area contributed by atoms with Crippen LogP contribution in [0, 0.1) is 6.07 Å². The maximum atomic E-state index is 3.67. The van der Waals surface area contributed by atoms with Crippen LogP contribution in [0.25, 0.3) is 11.1 Å². The molecule has 2 aliphatic rings. The second-order valence-corrected chi connectivity index (χ2v) is 18.5. The molecule has 0 spiro atoms. The van der Waals surface area contributed by atoms with Crippen LogP contribution in [0.1, 0.15) is 76.6 Å². The average Bonchev–Trinajstić information content (AvgIpc) is 3.48. The molecular formula is C30H38Cl2SiZr-2. The molecule has 0 nitrogen and oxygen atoms in total. The van der Waals surface area contributed by atoms with Gasteiger partial charge in [-0.15, -0.1) is 11.1 Å². The maximum absolute atomic E-state index is 3.67. The van der Waals surface area contributed by atoms with Crippen LogP contribution in [-0.4, -0.2) is 5.43 Å². The largest absolute Gasteiger partial charge is 0.214 e. The van der Waals surface area contributed by atoms with Gasteiger partial charge in [0.15, 0.2) is 0 Å². The minimum Gasteiger partial charge on any atom is -0.214 e. The molecule has 0 aromatic heterocycles. The molecule has 0 amide bonds. The van der Waals surface area contributed by atoms with Crippen molar-refractivity contribution in [1.82, 2.24) is 0 Å². The molecule has 0 bridgehead atoms. The number of hydrogen-bond acceptors (Lipinski definition) is 0. The molecule has 5 rings (SSSR count). The second-order valence-electron chi connectivity index (χ2n) is 11.1. The molecule has 0 atom stereocenters. The number of fused-ring (bicyclic) bond motifs is 3. The first-order valence-corrected chi connectivity index (χ1v) is 17.6. The molecule has 3 aromatic carbocycles. The van der Waals surface area contributed by atoms with Crippen LogP contribution in [0.5, 0.6) is 0 Å². The molecule has 4 heteroatoms. The third-order valence-corrected chi connectivity index (χ3v) is 11.8. The van der Waals surface area contributed by atoms with Crippen molar-refractivity contribution in [3.63, 3.8) is 0 Å². The van der Waals surface area contributed by atoms with E-state index >= 15 is 0 Å². The van der Waals surface area contributed by atoms with E-state index in [2.05, 4.69) is 77.9 Å². The summed E-state index contributed by atoms with van der Waals surface area (Å²) in [4.78, 5) is 0. The van der Waals surface area contributed by atoms with Gasteiger partial charge in [0, 0.05) is 0 Å². The van der Waals surface area contributed by atoms with Crippen molar-refractivity contribution >= 4 is 5.43 Å². The number of benzene rings is 2. The van der Waals surface area contributed by atoms with Gasteiger partial charge in [-0.05, 0) is 28.4 Å². The van der Waals surface area contributed by atoms with Crippen LogP contribution in [0.3, 0.4) is 0 Å². The Kier molecular flexibility index (Phi) is 12.7. The Bertz CT molecular complexity index is 954. The van der Waals surface area contributed by atoms with Crippen molar-refractivity contribution in [1.29, 1.82) is 0 Å². The first-order valence-electron chi connectivity index (χ1n) is 12.0. The van der Waals surface area contributed by atoms with Crippen LogP contribution in [0.4, 0.5) is 0 Å². The van der Waals surface area contributed by atoms with Crippen molar-refractivity contribution in [3.8, 4) is 11.1 Å². The zero-order chi connectivity index (χ0) is 23.4. The van der Waals surface area contributed by atoms with Gasteiger partial charge in [-0.3, -0.25) is 0 Å². The molecule has 1 saturated heterocycles. The Hall–Kier alpha value is -0.530. The topological polar surface area (TPSA) is 0 Å². The van der Waals surface area contributed by atoms with E-state index < -0.39 is 0 Å². The third kappa shape index (κ3) is 8.85. The van der Waals surface area contributed by atoms with Crippen molar-refractivity contribution in [3.05, 3.63) is 89.0 Å². The minimum atomic E-state index is 0. The second kappa shape index (κ2) is 13.7. The van der Waals surface area contributed by atoms with E-state index in [0.29, 0.717) is 5.43 Å². The van der Waals surface area contributed by atoms with Crippen molar-refractivity contribution in [2.45, 2.75) is 83.7 Å². The molecule has 0 radical (unpaired) electrons. The van der Waals surface area contributed by atoms with Gasteiger partial charge in [0.1, 0.15) is 0 Å². The zero-order valence-electron chi connectivity index (χ0n) is 21.6. The van der Waals surface area contributed by atoms with Gasteiger partial charge in [-0.25, -0.2) is 12.1 Å². The number of hydrogen-bond donors (Lipinski definition) is 0. The Balaban J connectivity index is 0.000000367. The van der Waals surface area contributed by atoms with E-state index in [4.69, 9.17) is 0 Å². The first-order chi connectivity index (χ1) is 15.1. The summed E-state index contributed by atoms with van der Waals surface area (Å²) in [6, 6.07) is 28.4. The third-order valence-electron chi connectivity index (χ3n) is 6.23. The Labute approximate surface area is 235 Å². The molecule has 0 N–H and O–H groups in total. The first kappa shape index (κ1) is 31.5. The van der Waals surface area contributed by atoms with Crippen LogP contribution in [0.15, 0.2) is 60.7 Å². The van der Waals surface area contributed by atoms with E-state index in [-0.39, 0.29) is 35.6 Å². The Morgan fingerprint density at radius 2 is 1.41 bits per heavy atom. The van der Waals surface area contributed by atoms with Gasteiger partial charge in [0.05, 0.1) is 0 Å². The van der Waals surface area contributed by atoms with E-state index in [9.17, 15) is 0 Å². The summed E-state index contributed by atoms with van der Waals surface area (Å²) in [5.74, 6) is 0. The zero-order valence-corrected chi connectivity index (χ0v) is 26.5. The molecular weight excluding hydrogens is 551 g/mol. The summed E-state index contributed by atoms with van der Waals surface area (Å²) in [5.41, 5.74) is 9.04. The Morgan fingerprint density at radius 1 is 0.824 bits per heavy atom. The average molecular weight is 589 g/mol. The van der Waals surface area contributed by atoms with Crippen LogP contribution >= 0.6 is 0 Å². The molecule has 1 aliphatic carbocycles. The fraction of sp³-hybridized carbons (Fsp3) is 0.433. The predicted octanol–water partition coefficient (Wildman–Crippen LogP) is 2.38. The molecule has 34 heavy (non-hydrogen) atoms. The fourth-order valence-corrected chi connectivity index (χ4v) is 8.36. The summed E-state index contributed by atoms with van der Waals surface area (Å²) in [7, 11) is 0. The minimum absolute atomic E-state index is 0. The standard InChI is InChI=1S/C21H25.C5H5.C4H8Si.2ClH.Zr/c1-20(2,3)16-7-9-18-14(12-16)11-15-13-17(21(4,5)6)8-10-19(15)18;2*1-2-4-5-3-1;;;/h7-10,12H,11H2,1-6H3;1-5H;1-4H2;2*1H;/q2*-1;;;;+2/p-2. The molecule has 182 valence electrons. The van der Waals surface area contributed by atoms with Gasteiger partial charge in [0.2, 0.25) is 0 Å². The quantitative estimate of drug-likeness (QED) is 0.219. The van der Waals surface area contributed by atoms with E-state index in [1.807, 2.05) is 53.7 Å². The maximum Gasteiger partial charge on any atom is -0.172 e. The number of halogens is 2. The Morgan fingerprint density at radius 3 is 1.85 bits per heavy atom. The summed E-state index contributed by atoms with van der Waals surface area (Å²) < 4.78 is 0. The summed E-state index contributed by atoms with van der Waals surface area (Å²) >= 11 is 1.87. The molecule has 1 fully saturated rings. The molecule has 1 heterocycles. The normalized spacial score (nSPS) is 13.8. The fourth-order valence-electron chi connectivity index (χ4n) is 4.15. The van der Waals surface area contributed by atoms with Gasteiger partial charge in [0.25, 0.3) is 0 Å². The SMILES string of the molecule is CC(C)(C)c1[c-]c2c(cc1)-c1ccc(C(C)(C)C)cc1C2.[Cl-].[Cl-].[Zr+2]=[Si]1CCCC1.c1cc[cH-]c1. The van der Waals surface area contributed by atoms with E-state index in [0.717, 1.165) is 6.42 Å². The van der Waals surface area contributed by atoms with E-state index in [1.54, 1.807) is 24.9 Å². The molecule has 1 aliphatic heterocycles. The molecule has 3 aromatic rings. The van der Waals surface area contributed by atoms with Crippen LogP contribution in [-0.2, 0) is 40.6 Å². The predicted molar refractivity (Wildman–Crippen MR) is 138 cm³/mol. The van der Waals surface area contributed by atoms with Crippen molar-refractivity contribution in [2.24, 2.45) is 0 Å². The molecule has 0 saturated carbocycles. The molecule has 0 unspecified atom stereocenters. The van der Waals surface area contributed by atoms with Gasteiger partial charge >= 0.3 is 53.7 Å². The van der Waals surface area contributed by atoms with E-state index in [1.165, 1.54) is 33.4 Å².